The Hall–Kier alpha value is -0.660. The average molecular weight is 343 g/mol. The van der Waals surface area contributed by atoms with Crippen molar-refractivity contribution >= 4 is 15.7 Å². The third-order valence-corrected chi connectivity index (χ3v) is 7.35. The lowest BCUT2D eigenvalue weighted by Crippen LogP contribution is -2.44. The van der Waals surface area contributed by atoms with E-state index in [0.717, 1.165) is 13.1 Å². The molecule has 132 valence electrons. The first-order valence-corrected chi connectivity index (χ1v) is 10.6. The molecule has 0 aromatic heterocycles. The van der Waals surface area contributed by atoms with Crippen LogP contribution in [0.25, 0.3) is 0 Å². The smallest absolute Gasteiger partial charge is 0.234 e. The van der Waals surface area contributed by atoms with Crippen molar-refractivity contribution < 1.29 is 13.2 Å². The summed E-state index contributed by atoms with van der Waals surface area (Å²) in [6.45, 7) is 4.58. The number of likely N-dealkylation sites (tertiary alicyclic amines) is 1. The van der Waals surface area contributed by atoms with Gasteiger partial charge in [0.15, 0.2) is 9.84 Å². The van der Waals surface area contributed by atoms with Gasteiger partial charge in [-0.1, -0.05) is 0 Å². The number of carbonyl (C=O) groups is 1. The van der Waals surface area contributed by atoms with E-state index in [-0.39, 0.29) is 23.5 Å². The van der Waals surface area contributed by atoms with Gasteiger partial charge in [0.1, 0.15) is 0 Å². The Morgan fingerprint density at radius 1 is 1.30 bits per heavy atom. The van der Waals surface area contributed by atoms with E-state index in [1.165, 1.54) is 38.8 Å². The molecule has 7 heteroatoms. The maximum absolute atomic E-state index is 12.2. The van der Waals surface area contributed by atoms with Crippen molar-refractivity contribution in [3.05, 3.63) is 0 Å². The van der Waals surface area contributed by atoms with Crippen molar-refractivity contribution in [2.24, 2.45) is 5.41 Å². The van der Waals surface area contributed by atoms with Gasteiger partial charge >= 0.3 is 0 Å². The zero-order valence-electron chi connectivity index (χ0n) is 14.1. The van der Waals surface area contributed by atoms with Crippen LogP contribution in [0.15, 0.2) is 0 Å². The lowest BCUT2D eigenvalue weighted by Gasteiger charge is -2.25. The molecule has 1 amide bonds. The standard InChI is InChI=1S/C16H29N3O3S/c1-18(14-4-9-23(21,22)11-14)10-15(20)17-12-16(5-6-16)13-19-7-2-3-8-19/h14H,2-13H2,1H3,(H,17,20). The predicted octanol–water partition coefficient (Wildman–Crippen LogP) is 0.0975. The van der Waals surface area contributed by atoms with Crippen LogP contribution in [0, 0.1) is 5.41 Å². The summed E-state index contributed by atoms with van der Waals surface area (Å²) in [5, 5.41) is 3.08. The largest absolute Gasteiger partial charge is 0.354 e. The molecule has 0 radical (unpaired) electrons. The van der Waals surface area contributed by atoms with E-state index in [2.05, 4.69) is 10.2 Å². The van der Waals surface area contributed by atoms with Gasteiger partial charge < -0.3 is 10.2 Å². The monoisotopic (exact) mass is 343 g/mol. The lowest BCUT2D eigenvalue weighted by molar-refractivity contribution is -0.122. The Morgan fingerprint density at radius 2 is 2.00 bits per heavy atom. The zero-order chi connectivity index (χ0) is 16.5. The van der Waals surface area contributed by atoms with Crippen LogP contribution in [0.2, 0.25) is 0 Å². The molecule has 6 nitrogen and oxygen atoms in total. The first-order chi connectivity index (χ1) is 10.9. The summed E-state index contributed by atoms with van der Waals surface area (Å²) in [5.74, 6) is 0.461. The molecule has 1 saturated carbocycles. The Kier molecular flexibility index (Phi) is 4.99. The van der Waals surface area contributed by atoms with Gasteiger partial charge in [-0.25, -0.2) is 8.42 Å². The highest BCUT2D eigenvalue weighted by atomic mass is 32.2. The summed E-state index contributed by atoms with van der Waals surface area (Å²) in [7, 11) is -1.04. The molecule has 2 heterocycles. The molecule has 3 rings (SSSR count). The minimum Gasteiger partial charge on any atom is -0.354 e. The molecule has 1 unspecified atom stereocenters. The number of likely N-dealkylation sites (N-methyl/N-ethyl adjacent to an activating group) is 1. The number of sulfone groups is 1. The minimum atomic E-state index is -2.89. The van der Waals surface area contributed by atoms with Crippen molar-refractivity contribution in [1.82, 2.24) is 15.1 Å². The van der Waals surface area contributed by atoms with Crippen LogP contribution in [0.1, 0.15) is 32.1 Å². The molecule has 0 aromatic rings. The number of amides is 1. The molecule has 0 bridgehead atoms. The highest BCUT2D eigenvalue weighted by Crippen LogP contribution is 2.46. The van der Waals surface area contributed by atoms with Crippen LogP contribution < -0.4 is 5.32 Å². The van der Waals surface area contributed by atoms with E-state index in [4.69, 9.17) is 0 Å². The summed E-state index contributed by atoms with van der Waals surface area (Å²) in [5.41, 5.74) is 0.301. The second kappa shape index (κ2) is 6.69. The molecule has 1 atom stereocenters. The number of nitrogens with zero attached hydrogens (tertiary/aromatic N) is 2. The highest BCUT2D eigenvalue weighted by Gasteiger charge is 2.44. The van der Waals surface area contributed by atoms with Crippen LogP contribution in [0.4, 0.5) is 0 Å². The Morgan fingerprint density at radius 3 is 2.57 bits per heavy atom. The molecule has 2 saturated heterocycles. The van der Waals surface area contributed by atoms with Crippen LogP contribution in [-0.2, 0) is 14.6 Å². The Balaban J connectivity index is 1.39. The highest BCUT2D eigenvalue weighted by molar-refractivity contribution is 7.91. The fourth-order valence-corrected chi connectivity index (χ4v) is 5.61. The fourth-order valence-electron chi connectivity index (χ4n) is 3.80. The van der Waals surface area contributed by atoms with Crippen molar-refractivity contribution in [3.8, 4) is 0 Å². The number of hydrogen-bond donors (Lipinski definition) is 1. The second-order valence-electron chi connectivity index (χ2n) is 7.73. The van der Waals surface area contributed by atoms with Crippen molar-refractivity contribution in [1.29, 1.82) is 0 Å². The first-order valence-electron chi connectivity index (χ1n) is 8.77. The molecule has 0 aromatic carbocycles. The van der Waals surface area contributed by atoms with Gasteiger partial charge in [-0.2, -0.15) is 0 Å². The summed E-state index contributed by atoms with van der Waals surface area (Å²) in [6, 6.07) is -0.00904. The van der Waals surface area contributed by atoms with Crippen molar-refractivity contribution in [3.63, 3.8) is 0 Å². The van der Waals surface area contributed by atoms with E-state index < -0.39 is 9.84 Å². The molecule has 0 spiro atoms. The van der Waals surface area contributed by atoms with Gasteiger partial charge in [0.25, 0.3) is 0 Å². The Labute approximate surface area is 139 Å². The number of hydrogen-bond acceptors (Lipinski definition) is 5. The SMILES string of the molecule is CN(CC(=O)NCC1(CN2CCCC2)CC1)C1CCS(=O)(=O)C1. The third kappa shape index (κ3) is 4.67. The van der Waals surface area contributed by atoms with E-state index in [1.807, 2.05) is 11.9 Å². The minimum absolute atomic E-state index is 0.00904. The molecule has 3 aliphatic rings. The van der Waals surface area contributed by atoms with Crippen molar-refractivity contribution in [2.45, 2.75) is 38.1 Å². The molecule has 23 heavy (non-hydrogen) atoms. The lowest BCUT2D eigenvalue weighted by atomic mass is 10.1. The number of nitrogens with one attached hydrogen (secondary N) is 1. The average Bonchev–Trinajstić information content (AvgIpc) is 2.88. The van der Waals surface area contributed by atoms with Gasteiger partial charge in [0.2, 0.25) is 5.91 Å². The molecular weight excluding hydrogens is 314 g/mol. The number of rotatable bonds is 7. The molecule has 2 aliphatic heterocycles. The molecular formula is C16H29N3O3S. The third-order valence-electron chi connectivity index (χ3n) is 5.60. The second-order valence-corrected chi connectivity index (χ2v) is 9.96. The summed E-state index contributed by atoms with van der Waals surface area (Å²) < 4.78 is 23.1. The maximum atomic E-state index is 12.2. The van der Waals surface area contributed by atoms with Crippen LogP contribution in [-0.4, -0.2) is 81.4 Å². The molecule has 1 aliphatic carbocycles. The number of carbonyl (C=O) groups excluding carboxylic acids is 1. The van der Waals surface area contributed by atoms with Crippen LogP contribution in [0.5, 0.6) is 0 Å². The van der Waals surface area contributed by atoms with E-state index in [1.54, 1.807) is 0 Å². The normalized spacial score (nSPS) is 29.0. The van der Waals surface area contributed by atoms with Crippen molar-refractivity contribution in [2.75, 3.05) is 51.3 Å². The van der Waals surface area contributed by atoms with E-state index >= 15 is 0 Å². The van der Waals surface area contributed by atoms with Crippen LogP contribution in [0.3, 0.4) is 0 Å². The van der Waals surface area contributed by atoms with E-state index in [9.17, 15) is 13.2 Å². The predicted molar refractivity (Wildman–Crippen MR) is 90.0 cm³/mol. The van der Waals surface area contributed by atoms with Gasteiger partial charge in [-0.3, -0.25) is 9.69 Å². The molecule has 3 fully saturated rings. The first kappa shape index (κ1) is 17.2. The topological polar surface area (TPSA) is 69.7 Å². The fraction of sp³-hybridized carbons (Fsp3) is 0.938. The van der Waals surface area contributed by atoms with Gasteiger partial charge in [0, 0.05) is 24.5 Å². The summed E-state index contributed by atoms with van der Waals surface area (Å²) in [4.78, 5) is 16.6. The van der Waals surface area contributed by atoms with Gasteiger partial charge in [-0.05, 0) is 52.2 Å². The Bertz CT molecular complexity index is 539. The zero-order valence-corrected chi connectivity index (χ0v) is 14.9. The summed E-state index contributed by atoms with van der Waals surface area (Å²) >= 11 is 0. The summed E-state index contributed by atoms with van der Waals surface area (Å²) in [6.07, 6.45) is 5.67. The van der Waals surface area contributed by atoms with Crippen LogP contribution >= 0.6 is 0 Å². The maximum Gasteiger partial charge on any atom is 0.234 e. The van der Waals surface area contributed by atoms with Gasteiger partial charge in [-0.15, -0.1) is 0 Å². The van der Waals surface area contributed by atoms with E-state index in [0.29, 0.717) is 18.4 Å². The molecule has 1 N–H and O–H groups in total. The quantitative estimate of drug-likeness (QED) is 0.710. The van der Waals surface area contributed by atoms with Gasteiger partial charge in [0.05, 0.1) is 18.1 Å².